The number of rotatable bonds is 8. The molecule has 10 heteroatoms. The van der Waals surface area contributed by atoms with Crippen molar-refractivity contribution in [2.45, 2.75) is 37.5 Å². The topological polar surface area (TPSA) is 66.5 Å². The third kappa shape index (κ3) is 6.11. The van der Waals surface area contributed by atoms with E-state index in [1.165, 1.54) is 19.2 Å². The molecular weight excluding hydrogens is 496 g/mol. The van der Waals surface area contributed by atoms with E-state index in [4.69, 9.17) is 0 Å². The molecule has 0 fully saturated rings. The highest BCUT2D eigenvalue weighted by Crippen LogP contribution is 2.34. The third-order valence-corrected chi connectivity index (χ3v) is 7.61. The van der Waals surface area contributed by atoms with Gasteiger partial charge in [-0.15, -0.1) is 0 Å². The molecule has 0 heterocycles. The molecule has 5 nitrogen and oxygen atoms in total. The van der Waals surface area contributed by atoms with Gasteiger partial charge in [-0.25, -0.2) is 12.8 Å². The number of benzene rings is 3. The number of nitrogens with one attached hydrogen (secondary N) is 1. The van der Waals surface area contributed by atoms with Gasteiger partial charge in [0.1, 0.15) is 11.9 Å². The van der Waals surface area contributed by atoms with Crippen LogP contribution in [0.3, 0.4) is 0 Å². The Labute approximate surface area is 207 Å². The summed E-state index contributed by atoms with van der Waals surface area (Å²) in [6.07, 6.45) is -4.64. The standard InChI is InChI=1S/C26H26F4N2O3S/c1-17(2)24(32(3)36(34,35)22-12-10-21(27)11-13-22)25(33)31-16-20-15-19(18-7-5-4-6-8-18)9-14-23(20)26(28,29)30/h4-15,17,24H,16H2,1-3H3,(H,31,33)/t24-/m1/s1. The Balaban J connectivity index is 1.88. The van der Waals surface area contributed by atoms with Crippen molar-refractivity contribution in [1.29, 1.82) is 0 Å². The van der Waals surface area contributed by atoms with Crippen LogP contribution in [0, 0.1) is 11.7 Å². The van der Waals surface area contributed by atoms with E-state index < -0.39 is 52.0 Å². The maximum Gasteiger partial charge on any atom is 0.416 e. The molecule has 3 aromatic rings. The summed E-state index contributed by atoms with van der Waals surface area (Å²) in [6.45, 7) is 2.79. The first-order valence-electron chi connectivity index (χ1n) is 11.1. The van der Waals surface area contributed by atoms with Gasteiger partial charge in [0.2, 0.25) is 15.9 Å². The molecule has 0 unspecified atom stereocenters. The molecule has 36 heavy (non-hydrogen) atoms. The van der Waals surface area contributed by atoms with Crippen LogP contribution in [0.15, 0.2) is 77.7 Å². The maximum absolute atomic E-state index is 13.7. The predicted octanol–water partition coefficient (Wildman–Crippen LogP) is 5.47. The van der Waals surface area contributed by atoms with Crippen molar-refractivity contribution in [2.75, 3.05) is 7.05 Å². The van der Waals surface area contributed by atoms with Crippen LogP contribution in [0.25, 0.3) is 11.1 Å². The van der Waals surface area contributed by atoms with Crippen molar-refractivity contribution < 1.29 is 30.8 Å². The average molecular weight is 523 g/mol. The molecule has 0 aliphatic heterocycles. The number of sulfonamides is 1. The summed E-state index contributed by atoms with van der Waals surface area (Å²) >= 11 is 0. The Kier molecular flexibility index (Phi) is 8.20. The normalized spacial score (nSPS) is 13.1. The molecule has 0 radical (unpaired) electrons. The van der Waals surface area contributed by atoms with Crippen molar-refractivity contribution in [1.82, 2.24) is 9.62 Å². The zero-order chi connectivity index (χ0) is 26.7. The number of hydrogen-bond acceptors (Lipinski definition) is 3. The zero-order valence-electron chi connectivity index (χ0n) is 19.9. The number of halogens is 4. The first kappa shape index (κ1) is 27.3. The highest BCUT2D eigenvalue weighted by molar-refractivity contribution is 7.89. The minimum Gasteiger partial charge on any atom is -0.351 e. The van der Waals surface area contributed by atoms with Crippen molar-refractivity contribution in [3.8, 4) is 11.1 Å². The van der Waals surface area contributed by atoms with Gasteiger partial charge in [0.05, 0.1) is 10.5 Å². The second-order valence-electron chi connectivity index (χ2n) is 8.62. The van der Waals surface area contributed by atoms with Crippen LogP contribution in [0.2, 0.25) is 0 Å². The molecule has 0 aromatic heterocycles. The van der Waals surface area contributed by atoms with E-state index >= 15 is 0 Å². The van der Waals surface area contributed by atoms with Crippen molar-refractivity contribution >= 4 is 15.9 Å². The Morgan fingerprint density at radius 1 is 0.944 bits per heavy atom. The van der Waals surface area contributed by atoms with Gasteiger partial charge in [-0.2, -0.15) is 17.5 Å². The molecule has 0 aliphatic carbocycles. The predicted molar refractivity (Wildman–Crippen MR) is 129 cm³/mol. The Hall–Kier alpha value is -3.24. The lowest BCUT2D eigenvalue weighted by molar-refractivity contribution is -0.138. The number of nitrogens with zero attached hydrogens (tertiary/aromatic N) is 1. The molecule has 192 valence electrons. The number of carbonyl (C=O) groups excluding carboxylic acids is 1. The Morgan fingerprint density at radius 3 is 2.11 bits per heavy atom. The SMILES string of the molecule is CC(C)[C@H](C(=O)NCc1cc(-c2ccccc2)ccc1C(F)(F)F)N(C)S(=O)(=O)c1ccc(F)cc1. The van der Waals surface area contributed by atoms with Crippen LogP contribution in [-0.4, -0.2) is 31.7 Å². The van der Waals surface area contributed by atoms with Crippen LogP contribution in [0.1, 0.15) is 25.0 Å². The summed E-state index contributed by atoms with van der Waals surface area (Å²) in [5.41, 5.74) is 0.216. The minimum atomic E-state index is -4.64. The monoisotopic (exact) mass is 522 g/mol. The van der Waals surface area contributed by atoms with E-state index in [0.717, 1.165) is 34.6 Å². The number of hydrogen-bond donors (Lipinski definition) is 1. The van der Waals surface area contributed by atoms with Gasteiger partial charge in [-0.05, 0) is 59.0 Å². The van der Waals surface area contributed by atoms with Gasteiger partial charge < -0.3 is 5.32 Å². The average Bonchev–Trinajstić information content (AvgIpc) is 2.82. The first-order valence-corrected chi connectivity index (χ1v) is 12.5. The highest BCUT2D eigenvalue weighted by atomic mass is 32.2. The third-order valence-electron chi connectivity index (χ3n) is 5.75. The van der Waals surface area contributed by atoms with E-state index in [1.807, 2.05) is 0 Å². The van der Waals surface area contributed by atoms with Crippen molar-refractivity contribution in [3.63, 3.8) is 0 Å². The minimum absolute atomic E-state index is 0.149. The van der Waals surface area contributed by atoms with E-state index in [9.17, 15) is 30.8 Å². The lowest BCUT2D eigenvalue weighted by Crippen LogP contribution is -2.50. The summed E-state index contributed by atoms with van der Waals surface area (Å²) in [7, 11) is -2.97. The van der Waals surface area contributed by atoms with Gasteiger partial charge in [0, 0.05) is 13.6 Å². The lowest BCUT2D eigenvalue weighted by atomic mass is 9.98. The van der Waals surface area contributed by atoms with Gasteiger partial charge in [0.25, 0.3) is 0 Å². The fraction of sp³-hybridized carbons (Fsp3) is 0.269. The van der Waals surface area contributed by atoms with Crippen LogP contribution >= 0.6 is 0 Å². The molecule has 1 amide bonds. The summed E-state index contributed by atoms with van der Waals surface area (Å²) < 4.78 is 81.2. The van der Waals surface area contributed by atoms with Crippen LogP contribution in [0.4, 0.5) is 17.6 Å². The molecule has 0 spiro atoms. The quantitative estimate of drug-likeness (QED) is 0.399. The lowest BCUT2D eigenvalue weighted by Gasteiger charge is -2.29. The molecule has 0 aliphatic rings. The van der Waals surface area contributed by atoms with Crippen LogP contribution in [-0.2, 0) is 27.5 Å². The molecular formula is C26H26F4N2O3S. The molecule has 1 N–H and O–H groups in total. The molecule has 0 saturated heterocycles. The molecule has 0 saturated carbocycles. The highest BCUT2D eigenvalue weighted by Gasteiger charge is 2.36. The maximum atomic E-state index is 13.7. The van der Waals surface area contributed by atoms with E-state index in [-0.39, 0.29) is 10.5 Å². The first-order chi connectivity index (χ1) is 16.8. The van der Waals surface area contributed by atoms with Gasteiger partial charge >= 0.3 is 6.18 Å². The fourth-order valence-corrected chi connectivity index (χ4v) is 5.37. The summed E-state index contributed by atoms with van der Waals surface area (Å²) in [5, 5.41) is 2.48. The zero-order valence-corrected chi connectivity index (χ0v) is 20.7. The smallest absolute Gasteiger partial charge is 0.351 e. The number of amides is 1. The number of carbonyl (C=O) groups is 1. The largest absolute Gasteiger partial charge is 0.416 e. The summed E-state index contributed by atoms with van der Waals surface area (Å²) in [5.74, 6) is -1.88. The Morgan fingerprint density at radius 2 is 1.56 bits per heavy atom. The number of alkyl halides is 3. The molecule has 1 atom stereocenters. The van der Waals surface area contributed by atoms with E-state index in [1.54, 1.807) is 44.2 Å². The van der Waals surface area contributed by atoms with Crippen molar-refractivity contribution in [3.05, 3.63) is 89.7 Å². The Bertz CT molecular complexity index is 1310. The summed E-state index contributed by atoms with van der Waals surface area (Å²) in [6, 6.07) is 15.5. The second-order valence-corrected chi connectivity index (χ2v) is 10.6. The second kappa shape index (κ2) is 10.8. The van der Waals surface area contributed by atoms with Crippen molar-refractivity contribution in [2.24, 2.45) is 5.92 Å². The number of likely N-dealkylation sites (N-methyl/N-ethyl adjacent to an activating group) is 1. The van der Waals surface area contributed by atoms with E-state index in [2.05, 4.69) is 5.32 Å². The van der Waals surface area contributed by atoms with Gasteiger partial charge in [-0.1, -0.05) is 50.2 Å². The summed E-state index contributed by atoms with van der Waals surface area (Å²) in [4.78, 5) is 12.9. The molecule has 0 bridgehead atoms. The molecule has 3 aromatic carbocycles. The van der Waals surface area contributed by atoms with Gasteiger partial charge in [0.15, 0.2) is 0 Å². The van der Waals surface area contributed by atoms with Crippen LogP contribution in [0.5, 0.6) is 0 Å². The van der Waals surface area contributed by atoms with Gasteiger partial charge in [-0.3, -0.25) is 4.79 Å². The fourth-order valence-electron chi connectivity index (χ4n) is 3.92. The molecule has 3 rings (SSSR count). The van der Waals surface area contributed by atoms with E-state index in [0.29, 0.717) is 11.1 Å². The van der Waals surface area contributed by atoms with Crippen LogP contribution < -0.4 is 5.32 Å².